The Morgan fingerprint density at radius 1 is 1.05 bits per heavy atom. The molecule has 1 aliphatic carbocycles. The van der Waals surface area contributed by atoms with Crippen molar-refractivity contribution in [1.82, 2.24) is 4.90 Å². The molecular weight excluding hydrogens is 274 g/mol. The molecule has 0 bridgehead atoms. The molecule has 2 aliphatic rings. The lowest BCUT2D eigenvalue weighted by Gasteiger charge is -2.26. The highest BCUT2D eigenvalue weighted by Crippen LogP contribution is 2.30. The number of hydrogen-bond donors (Lipinski definition) is 0. The van der Waals surface area contributed by atoms with Crippen molar-refractivity contribution >= 4 is 5.91 Å². The smallest absolute Gasteiger partial charge is 0.263 e. The molecule has 1 unspecified atom stereocenters. The van der Waals surface area contributed by atoms with E-state index in [1.807, 2.05) is 17.9 Å². The van der Waals surface area contributed by atoms with E-state index in [0.29, 0.717) is 0 Å². The molecule has 120 valence electrons. The van der Waals surface area contributed by atoms with E-state index in [0.717, 1.165) is 44.5 Å². The number of amides is 1. The van der Waals surface area contributed by atoms with Gasteiger partial charge >= 0.3 is 0 Å². The van der Waals surface area contributed by atoms with Gasteiger partial charge in [0.15, 0.2) is 6.10 Å². The van der Waals surface area contributed by atoms with Crippen LogP contribution in [0.25, 0.3) is 0 Å². The SMILES string of the molecule is CC(Oc1cccc2c1CCCC2)C(=O)N1CCCCCC1. The van der Waals surface area contributed by atoms with Crippen LogP contribution < -0.4 is 4.74 Å². The highest BCUT2D eigenvalue weighted by molar-refractivity contribution is 5.81. The van der Waals surface area contributed by atoms with Crippen molar-refractivity contribution in [1.29, 1.82) is 0 Å². The number of rotatable bonds is 3. The summed E-state index contributed by atoms with van der Waals surface area (Å²) in [6, 6.07) is 6.28. The Balaban J connectivity index is 1.68. The zero-order valence-electron chi connectivity index (χ0n) is 13.6. The van der Waals surface area contributed by atoms with E-state index < -0.39 is 0 Å². The fourth-order valence-electron chi connectivity index (χ4n) is 3.65. The van der Waals surface area contributed by atoms with Crippen molar-refractivity contribution in [2.75, 3.05) is 13.1 Å². The number of hydrogen-bond acceptors (Lipinski definition) is 2. The van der Waals surface area contributed by atoms with Crippen LogP contribution in [0.5, 0.6) is 5.75 Å². The van der Waals surface area contributed by atoms with Gasteiger partial charge in [0.25, 0.3) is 5.91 Å². The third kappa shape index (κ3) is 3.45. The standard InChI is InChI=1S/C19H27NO2/c1-15(19(21)20-13-6-2-3-7-14-20)22-18-12-8-10-16-9-4-5-11-17(16)18/h8,10,12,15H,2-7,9,11,13-14H2,1H3. The van der Waals surface area contributed by atoms with E-state index in [4.69, 9.17) is 4.74 Å². The van der Waals surface area contributed by atoms with Crippen molar-refractivity contribution in [3.63, 3.8) is 0 Å². The van der Waals surface area contributed by atoms with E-state index in [1.165, 1.54) is 36.8 Å². The lowest BCUT2D eigenvalue weighted by Crippen LogP contribution is -2.41. The molecule has 3 heteroatoms. The maximum atomic E-state index is 12.6. The van der Waals surface area contributed by atoms with Crippen LogP contribution in [0, 0.1) is 0 Å². The van der Waals surface area contributed by atoms with Crippen molar-refractivity contribution in [3.05, 3.63) is 29.3 Å². The Bertz CT molecular complexity index is 518. The number of benzene rings is 1. The highest BCUT2D eigenvalue weighted by atomic mass is 16.5. The third-order valence-electron chi connectivity index (χ3n) is 4.92. The van der Waals surface area contributed by atoms with Gasteiger partial charge in [-0.05, 0) is 62.6 Å². The van der Waals surface area contributed by atoms with E-state index >= 15 is 0 Å². The Labute approximate surface area is 133 Å². The third-order valence-corrected chi connectivity index (χ3v) is 4.92. The molecule has 0 saturated carbocycles. The van der Waals surface area contributed by atoms with Gasteiger partial charge in [-0.1, -0.05) is 25.0 Å². The summed E-state index contributed by atoms with van der Waals surface area (Å²) in [5, 5.41) is 0. The van der Waals surface area contributed by atoms with Gasteiger partial charge in [0, 0.05) is 13.1 Å². The van der Waals surface area contributed by atoms with Gasteiger partial charge in [-0.15, -0.1) is 0 Å². The van der Waals surface area contributed by atoms with E-state index in [1.54, 1.807) is 0 Å². The molecule has 1 saturated heterocycles. The van der Waals surface area contributed by atoms with Crippen LogP contribution in [0.1, 0.15) is 56.6 Å². The molecule has 0 radical (unpaired) electrons. The maximum absolute atomic E-state index is 12.6. The number of carbonyl (C=O) groups is 1. The monoisotopic (exact) mass is 301 g/mol. The summed E-state index contributed by atoms with van der Waals surface area (Å²) in [6.45, 7) is 3.67. The minimum Gasteiger partial charge on any atom is -0.481 e. The molecule has 1 aromatic carbocycles. The van der Waals surface area contributed by atoms with Crippen molar-refractivity contribution in [3.8, 4) is 5.75 Å². The predicted octanol–water partition coefficient (Wildman–Crippen LogP) is 3.74. The van der Waals surface area contributed by atoms with Crippen molar-refractivity contribution in [2.24, 2.45) is 0 Å². The zero-order chi connectivity index (χ0) is 15.4. The molecule has 1 aromatic rings. The molecule has 1 heterocycles. The first-order valence-corrected chi connectivity index (χ1v) is 8.82. The molecular formula is C19H27NO2. The van der Waals surface area contributed by atoms with Crippen LogP contribution in [-0.4, -0.2) is 30.0 Å². The fraction of sp³-hybridized carbons (Fsp3) is 0.632. The van der Waals surface area contributed by atoms with Gasteiger partial charge in [-0.3, -0.25) is 4.79 Å². The maximum Gasteiger partial charge on any atom is 0.263 e. The second-order valence-corrected chi connectivity index (χ2v) is 6.60. The molecule has 3 nitrogen and oxygen atoms in total. The molecule has 1 amide bonds. The number of aryl methyl sites for hydroxylation is 1. The quantitative estimate of drug-likeness (QED) is 0.851. The minimum absolute atomic E-state index is 0.148. The Morgan fingerprint density at radius 3 is 2.55 bits per heavy atom. The molecule has 1 atom stereocenters. The van der Waals surface area contributed by atoms with Crippen molar-refractivity contribution < 1.29 is 9.53 Å². The normalized spacial score (nSPS) is 20.0. The van der Waals surface area contributed by atoms with Gasteiger partial charge in [-0.2, -0.15) is 0 Å². The second kappa shape index (κ2) is 7.17. The largest absolute Gasteiger partial charge is 0.481 e. The topological polar surface area (TPSA) is 29.5 Å². The Hall–Kier alpha value is -1.51. The highest BCUT2D eigenvalue weighted by Gasteiger charge is 2.24. The zero-order valence-corrected chi connectivity index (χ0v) is 13.6. The molecule has 1 aliphatic heterocycles. The number of likely N-dealkylation sites (tertiary alicyclic amines) is 1. The van der Waals surface area contributed by atoms with Crippen LogP contribution >= 0.6 is 0 Å². The van der Waals surface area contributed by atoms with Gasteiger partial charge in [-0.25, -0.2) is 0 Å². The van der Waals surface area contributed by atoms with E-state index in [9.17, 15) is 4.79 Å². The fourth-order valence-corrected chi connectivity index (χ4v) is 3.65. The Morgan fingerprint density at radius 2 is 1.77 bits per heavy atom. The summed E-state index contributed by atoms with van der Waals surface area (Å²) in [5.41, 5.74) is 2.72. The van der Waals surface area contributed by atoms with Crippen LogP contribution in [0.4, 0.5) is 0 Å². The summed E-state index contributed by atoms with van der Waals surface area (Å²) in [6.07, 6.45) is 9.05. The number of nitrogens with zero attached hydrogens (tertiary/aromatic N) is 1. The van der Waals surface area contributed by atoms with E-state index in [2.05, 4.69) is 12.1 Å². The van der Waals surface area contributed by atoms with Gasteiger partial charge in [0.2, 0.25) is 0 Å². The van der Waals surface area contributed by atoms with Crippen molar-refractivity contribution in [2.45, 2.75) is 64.4 Å². The molecule has 3 rings (SSSR count). The lowest BCUT2D eigenvalue weighted by molar-refractivity contribution is -0.137. The predicted molar refractivity (Wildman–Crippen MR) is 88.2 cm³/mol. The first-order valence-electron chi connectivity index (χ1n) is 8.82. The van der Waals surface area contributed by atoms with E-state index in [-0.39, 0.29) is 12.0 Å². The number of fused-ring (bicyclic) bond motifs is 1. The average molecular weight is 301 g/mol. The molecule has 0 aromatic heterocycles. The summed E-state index contributed by atoms with van der Waals surface area (Å²) < 4.78 is 6.08. The summed E-state index contributed by atoms with van der Waals surface area (Å²) in [5.74, 6) is 1.07. The van der Waals surface area contributed by atoms with Crippen LogP contribution in [-0.2, 0) is 17.6 Å². The van der Waals surface area contributed by atoms with Crippen LogP contribution in [0.2, 0.25) is 0 Å². The Kier molecular flexibility index (Phi) is 5.01. The molecule has 22 heavy (non-hydrogen) atoms. The van der Waals surface area contributed by atoms with Crippen LogP contribution in [0.3, 0.4) is 0 Å². The first-order chi connectivity index (χ1) is 10.8. The molecule has 0 spiro atoms. The van der Waals surface area contributed by atoms with Gasteiger partial charge in [0.1, 0.15) is 5.75 Å². The first kappa shape index (κ1) is 15.4. The average Bonchev–Trinajstić information content (AvgIpc) is 2.83. The summed E-state index contributed by atoms with van der Waals surface area (Å²) >= 11 is 0. The molecule has 0 N–H and O–H groups in total. The lowest BCUT2D eigenvalue weighted by atomic mass is 9.91. The number of ether oxygens (including phenoxy) is 1. The van der Waals surface area contributed by atoms with Crippen LogP contribution in [0.15, 0.2) is 18.2 Å². The minimum atomic E-state index is -0.383. The van der Waals surface area contributed by atoms with Gasteiger partial charge in [0.05, 0.1) is 0 Å². The summed E-state index contributed by atoms with van der Waals surface area (Å²) in [7, 11) is 0. The molecule has 1 fully saturated rings. The second-order valence-electron chi connectivity index (χ2n) is 6.60. The summed E-state index contributed by atoms with van der Waals surface area (Å²) in [4.78, 5) is 14.6. The number of carbonyl (C=O) groups excluding carboxylic acids is 1. The van der Waals surface area contributed by atoms with Gasteiger partial charge < -0.3 is 9.64 Å².